The van der Waals surface area contributed by atoms with Gasteiger partial charge in [-0.25, -0.2) is 0 Å². The van der Waals surface area contributed by atoms with Crippen LogP contribution in [0.4, 0.5) is 0 Å². The maximum atomic E-state index is 5.92. The highest BCUT2D eigenvalue weighted by Gasteiger charge is 2.16. The number of hydrogen-bond acceptors (Lipinski definition) is 3. The minimum atomic E-state index is 0.483. The molecule has 0 spiro atoms. The third-order valence-electron chi connectivity index (χ3n) is 3.52. The van der Waals surface area contributed by atoms with Crippen LogP contribution in [0, 0.1) is 0 Å². The van der Waals surface area contributed by atoms with Crippen molar-refractivity contribution in [2.24, 2.45) is 5.73 Å². The summed E-state index contributed by atoms with van der Waals surface area (Å²) in [6, 6.07) is 4.46. The van der Waals surface area contributed by atoms with Crippen LogP contribution < -0.4 is 5.73 Å². The Morgan fingerprint density at radius 1 is 1.28 bits per heavy atom. The average Bonchev–Trinajstić information content (AvgIpc) is 2.90. The van der Waals surface area contributed by atoms with Crippen LogP contribution in [0.15, 0.2) is 22.8 Å². The molecule has 0 fully saturated rings. The first kappa shape index (κ1) is 15.3. The van der Waals surface area contributed by atoms with Gasteiger partial charge in [-0.1, -0.05) is 39.5 Å². The summed E-state index contributed by atoms with van der Waals surface area (Å²) < 4.78 is 5.42. The van der Waals surface area contributed by atoms with E-state index in [1.165, 1.54) is 32.1 Å². The Kier molecular flexibility index (Phi) is 7.78. The van der Waals surface area contributed by atoms with Crippen LogP contribution >= 0.6 is 0 Å². The molecule has 1 aromatic rings. The van der Waals surface area contributed by atoms with Gasteiger partial charge in [0.25, 0.3) is 0 Å². The third-order valence-corrected chi connectivity index (χ3v) is 3.52. The fourth-order valence-electron chi connectivity index (χ4n) is 2.36. The molecule has 2 N–H and O–H groups in total. The van der Waals surface area contributed by atoms with Gasteiger partial charge < -0.3 is 10.2 Å². The SMILES string of the molecule is CCCCCCC(CN)N(CC)Cc1ccco1. The van der Waals surface area contributed by atoms with E-state index in [-0.39, 0.29) is 0 Å². The quantitative estimate of drug-likeness (QED) is 0.649. The zero-order chi connectivity index (χ0) is 13.2. The van der Waals surface area contributed by atoms with Crippen molar-refractivity contribution in [3.8, 4) is 0 Å². The second kappa shape index (κ2) is 9.17. The summed E-state index contributed by atoms with van der Waals surface area (Å²) in [6.07, 6.45) is 8.17. The number of nitrogens with zero attached hydrogens (tertiary/aromatic N) is 1. The highest BCUT2D eigenvalue weighted by Crippen LogP contribution is 2.14. The number of nitrogens with two attached hydrogens (primary N) is 1. The van der Waals surface area contributed by atoms with Crippen LogP contribution in [0.1, 0.15) is 51.7 Å². The molecule has 0 aromatic carbocycles. The zero-order valence-electron chi connectivity index (χ0n) is 11.9. The maximum Gasteiger partial charge on any atom is 0.117 e. The second-order valence-corrected chi connectivity index (χ2v) is 4.88. The maximum absolute atomic E-state index is 5.92. The van der Waals surface area contributed by atoms with E-state index in [1.807, 2.05) is 12.1 Å². The summed E-state index contributed by atoms with van der Waals surface area (Å²) in [6.45, 7) is 7.07. The molecule has 1 heterocycles. The zero-order valence-corrected chi connectivity index (χ0v) is 11.9. The fourth-order valence-corrected chi connectivity index (χ4v) is 2.36. The van der Waals surface area contributed by atoms with Crippen LogP contribution in [-0.2, 0) is 6.54 Å². The van der Waals surface area contributed by atoms with Crippen molar-refractivity contribution in [2.45, 2.75) is 58.5 Å². The molecule has 0 saturated carbocycles. The van der Waals surface area contributed by atoms with E-state index in [2.05, 4.69) is 18.7 Å². The predicted octanol–water partition coefficient (Wildman–Crippen LogP) is 3.40. The van der Waals surface area contributed by atoms with E-state index in [9.17, 15) is 0 Å². The minimum Gasteiger partial charge on any atom is -0.468 e. The van der Waals surface area contributed by atoms with Crippen molar-refractivity contribution in [1.29, 1.82) is 0 Å². The van der Waals surface area contributed by atoms with Crippen molar-refractivity contribution in [3.63, 3.8) is 0 Å². The highest BCUT2D eigenvalue weighted by atomic mass is 16.3. The first-order valence-electron chi connectivity index (χ1n) is 7.28. The van der Waals surface area contributed by atoms with Gasteiger partial charge in [0, 0.05) is 12.6 Å². The van der Waals surface area contributed by atoms with Crippen LogP contribution in [0.25, 0.3) is 0 Å². The summed E-state index contributed by atoms with van der Waals surface area (Å²) in [7, 11) is 0. The molecule has 3 heteroatoms. The molecule has 104 valence electrons. The lowest BCUT2D eigenvalue weighted by molar-refractivity contribution is 0.175. The lowest BCUT2D eigenvalue weighted by Gasteiger charge is -2.29. The standard InChI is InChI=1S/C15H28N2O/c1-3-5-6-7-9-14(12-16)17(4-2)13-15-10-8-11-18-15/h8,10-11,14H,3-7,9,12-13,16H2,1-2H3. The van der Waals surface area contributed by atoms with Crippen molar-refractivity contribution >= 4 is 0 Å². The molecular weight excluding hydrogens is 224 g/mol. The molecule has 1 atom stereocenters. The van der Waals surface area contributed by atoms with E-state index in [0.717, 1.165) is 25.4 Å². The summed E-state index contributed by atoms with van der Waals surface area (Å²) in [5.74, 6) is 1.03. The summed E-state index contributed by atoms with van der Waals surface area (Å²) >= 11 is 0. The molecule has 0 amide bonds. The molecule has 18 heavy (non-hydrogen) atoms. The molecular formula is C15H28N2O. The van der Waals surface area contributed by atoms with Gasteiger partial charge in [0.1, 0.15) is 5.76 Å². The van der Waals surface area contributed by atoms with Gasteiger partial charge in [-0.3, -0.25) is 4.90 Å². The summed E-state index contributed by atoms with van der Waals surface area (Å²) in [4.78, 5) is 2.42. The van der Waals surface area contributed by atoms with Gasteiger partial charge >= 0.3 is 0 Å². The highest BCUT2D eigenvalue weighted by molar-refractivity contribution is 4.98. The fraction of sp³-hybridized carbons (Fsp3) is 0.733. The Morgan fingerprint density at radius 3 is 2.67 bits per heavy atom. The average molecular weight is 252 g/mol. The van der Waals surface area contributed by atoms with Crippen LogP contribution in [0.5, 0.6) is 0 Å². The van der Waals surface area contributed by atoms with Crippen molar-refractivity contribution in [2.75, 3.05) is 13.1 Å². The molecule has 1 aromatic heterocycles. The van der Waals surface area contributed by atoms with Gasteiger partial charge in [0.15, 0.2) is 0 Å². The topological polar surface area (TPSA) is 42.4 Å². The lowest BCUT2D eigenvalue weighted by Crippen LogP contribution is -2.40. The van der Waals surface area contributed by atoms with Gasteiger partial charge in [-0.15, -0.1) is 0 Å². The molecule has 0 radical (unpaired) electrons. The van der Waals surface area contributed by atoms with Gasteiger partial charge in [-0.05, 0) is 25.1 Å². The molecule has 1 unspecified atom stereocenters. The monoisotopic (exact) mass is 252 g/mol. The first-order chi connectivity index (χ1) is 8.81. The number of furan rings is 1. The van der Waals surface area contributed by atoms with E-state index < -0.39 is 0 Å². The summed E-state index contributed by atoms with van der Waals surface area (Å²) in [5, 5.41) is 0. The van der Waals surface area contributed by atoms with E-state index in [4.69, 9.17) is 10.2 Å². The Morgan fingerprint density at radius 2 is 2.11 bits per heavy atom. The first-order valence-corrected chi connectivity index (χ1v) is 7.28. The molecule has 1 rings (SSSR count). The summed E-state index contributed by atoms with van der Waals surface area (Å²) in [5.41, 5.74) is 5.92. The molecule has 3 nitrogen and oxygen atoms in total. The minimum absolute atomic E-state index is 0.483. The van der Waals surface area contributed by atoms with Crippen molar-refractivity contribution in [3.05, 3.63) is 24.2 Å². The molecule has 0 saturated heterocycles. The van der Waals surface area contributed by atoms with E-state index in [0.29, 0.717) is 6.04 Å². The Bertz CT molecular complexity index is 285. The van der Waals surface area contributed by atoms with Crippen LogP contribution in [0.3, 0.4) is 0 Å². The lowest BCUT2D eigenvalue weighted by atomic mass is 10.1. The number of likely N-dealkylation sites (N-methyl/N-ethyl adjacent to an activating group) is 1. The van der Waals surface area contributed by atoms with Gasteiger partial charge in [-0.2, -0.15) is 0 Å². The molecule has 0 bridgehead atoms. The van der Waals surface area contributed by atoms with Crippen LogP contribution in [0.2, 0.25) is 0 Å². The number of unbranched alkanes of at least 4 members (excludes halogenated alkanes) is 3. The Balaban J connectivity index is 2.39. The Labute approximate surface area is 111 Å². The van der Waals surface area contributed by atoms with E-state index >= 15 is 0 Å². The largest absolute Gasteiger partial charge is 0.468 e. The van der Waals surface area contributed by atoms with Gasteiger partial charge in [0.2, 0.25) is 0 Å². The van der Waals surface area contributed by atoms with Crippen molar-refractivity contribution < 1.29 is 4.42 Å². The normalized spacial score (nSPS) is 13.1. The molecule has 0 aliphatic rings. The third kappa shape index (κ3) is 5.23. The van der Waals surface area contributed by atoms with Gasteiger partial charge in [0.05, 0.1) is 12.8 Å². The second-order valence-electron chi connectivity index (χ2n) is 4.88. The number of hydrogen-bond donors (Lipinski definition) is 1. The smallest absolute Gasteiger partial charge is 0.117 e. The predicted molar refractivity (Wildman–Crippen MR) is 76.4 cm³/mol. The number of rotatable bonds is 10. The van der Waals surface area contributed by atoms with E-state index in [1.54, 1.807) is 6.26 Å². The molecule has 0 aliphatic heterocycles. The van der Waals surface area contributed by atoms with Crippen molar-refractivity contribution in [1.82, 2.24) is 4.90 Å². The Hall–Kier alpha value is -0.800. The van der Waals surface area contributed by atoms with Crippen LogP contribution in [-0.4, -0.2) is 24.0 Å². The molecule has 0 aliphatic carbocycles.